The number of anilines is 1. The van der Waals surface area contributed by atoms with Crippen LogP contribution in [-0.4, -0.2) is 28.8 Å². The number of thioether (sulfide) groups is 1. The molecule has 1 N–H and O–H groups in total. The second kappa shape index (κ2) is 7.67. The molecule has 2 aromatic carbocycles. The Morgan fingerprint density at radius 3 is 2.67 bits per heavy atom. The van der Waals surface area contributed by atoms with Crippen LogP contribution in [0.3, 0.4) is 0 Å². The zero-order valence-corrected chi connectivity index (χ0v) is 15.6. The van der Waals surface area contributed by atoms with Crippen molar-refractivity contribution in [1.29, 1.82) is 0 Å². The third-order valence-corrected chi connectivity index (χ3v) is 5.00. The van der Waals surface area contributed by atoms with Crippen LogP contribution < -0.4 is 9.64 Å². The van der Waals surface area contributed by atoms with E-state index in [1.54, 1.807) is 36.4 Å². The average molecular weight is 383 g/mol. The van der Waals surface area contributed by atoms with E-state index in [-0.39, 0.29) is 11.1 Å². The third-order valence-electron chi connectivity index (χ3n) is 4.13. The summed E-state index contributed by atoms with van der Waals surface area (Å²) in [5.74, 6) is -1.08. The van der Waals surface area contributed by atoms with Crippen LogP contribution in [-0.2, 0) is 9.59 Å². The molecule has 0 spiro atoms. The van der Waals surface area contributed by atoms with Gasteiger partial charge in [0.15, 0.2) is 6.61 Å². The Kier molecular flexibility index (Phi) is 5.32. The van der Waals surface area contributed by atoms with E-state index in [0.29, 0.717) is 21.9 Å². The fourth-order valence-electron chi connectivity index (χ4n) is 2.64. The molecule has 7 heteroatoms. The Hall–Kier alpha value is -3.06. The van der Waals surface area contributed by atoms with Crippen LogP contribution in [0.25, 0.3) is 6.08 Å². The minimum atomic E-state index is -1.07. The minimum absolute atomic E-state index is 0.302. The van der Waals surface area contributed by atoms with Gasteiger partial charge in [-0.25, -0.2) is 9.69 Å². The van der Waals surface area contributed by atoms with Gasteiger partial charge < -0.3 is 9.84 Å². The van der Waals surface area contributed by atoms with Crippen LogP contribution in [0.4, 0.5) is 10.5 Å². The molecule has 2 amide bonds. The number of aliphatic carboxylic acids is 1. The zero-order valence-electron chi connectivity index (χ0n) is 14.8. The van der Waals surface area contributed by atoms with Crippen LogP contribution in [0.5, 0.6) is 5.75 Å². The van der Waals surface area contributed by atoms with Crippen molar-refractivity contribution in [2.45, 2.75) is 13.8 Å². The lowest BCUT2D eigenvalue weighted by atomic mass is 10.1. The molecule has 0 aliphatic carbocycles. The van der Waals surface area contributed by atoms with Gasteiger partial charge in [0.25, 0.3) is 11.1 Å². The van der Waals surface area contributed by atoms with Crippen LogP contribution in [0, 0.1) is 13.8 Å². The van der Waals surface area contributed by atoms with Crippen molar-refractivity contribution in [2.75, 3.05) is 11.5 Å². The van der Waals surface area contributed by atoms with E-state index in [0.717, 1.165) is 22.9 Å². The fourth-order valence-corrected chi connectivity index (χ4v) is 3.48. The summed E-state index contributed by atoms with van der Waals surface area (Å²) in [7, 11) is 0. The number of benzene rings is 2. The first kappa shape index (κ1) is 18.7. The van der Waals surface area contributed by atoms with Gasteiger partial charge >= 0.3 is 5.97 Å². The van der Waals surface area contributed by atoms with E-state index >= 15 is 0 Å². The van der Waals surface area contributed by atoms with E-state index in [1.165, 1.54) is 4.90 Å². The summed E-state index contributed by atoms with van der Waals surface area (Å²) in [6, 6.07) is 12.2. The molecule has 6 nitrogen and oxygen atoms in total. The molecule has 1 saturated heterocycles. The fraction of sp³-hybridized carbons (Fsp3) is 0.150. The molecule has 27 heavy (non-hydrogen) atoms. The number of carbonyl (C=O) groups is 3. The number of amides is 2. The summed E-state index contributed by atoms with van der Waals surface area (Å²) in [5.41, 5.74) is 3.10. The van der Waals surface area contributed by atoms with Crippen molar-refractivity contribution in [2.24, 2.45) is 0 Å². The van der Waals surface area contributed by atoms with Crippen LogP contribution in [0.2, 0.25) is 0 Å². The molecule has 138 valence electrons. The summed E-state index contributed by atoms with van der Waals surface area (Å²) in [4.78, 5) is 37.3. The van der Waals surface area contributed by atoms with Crippen molar-refractivity contribution >= 4 is 40.6 Å². The Balaban J connectivity index is 1.87. The van der Waals surface area contributed by atoms with Gasteiger partial charge in [-0.3, -0.25) is 9.59 Å². The lowest BCUT2D eigenvalue weighted by molar-refractivity contribution is -0.139. The number of hydrogen-bond donors (Lipinski definition) is 1. The number of carbonyl (C=O) groups excluding carboxylic acids is 2. The van der Waals surface area contributed by atoms with Gasteiger partial charge in [0.05, 0.1) is 10.6 Å². The number of carboxylic acid groups (broad SMARTS) is 1. The maximum Gasteiger partial charge on any atom is 0.341 e. The van der Waals surface area contributed by atoms with E-state index in [2.05, 4.69) is 0 Å². The molecule has 2 aromatic rings. The second-order valence-electron chi connectivity index (χ2n) is 5.99. The number of hydrogen-bond acceptors (Lipinski definition) is 5. The summed E-state index contributed by atoms with van der Waals surface area (Å²) < 4.78 is 5.14. The van der Waals surface area contributed by atoms with Gasteiger partial charge in [0, 0.05) is 0 Å². The largest absolute Gasteiger partial charge is 0.482 e. The molecule has 0 radical (unpaired) electrons. The highest BCUT2D eigenvalue weighted by atomic mass is 32.2. The minimum Gasteiger partial charge on any atom is -0.482 e. The van der Waals surface area contributed by atoms with Crippen molar-refractivity contribution in [3.8, 4) is 5.75 Å². The van der Waals surface area contributed by atoms with Gasteiger partial charge in [0.2, 0.25) is 0 Å². The number of rotatable bonds is 5. The Morgan fingerprint density at radius 2 is 1.93 bits per heavy atom. The molecule has 3 rings (SSSR count). The quantitative estimate of drug-likeness (QED) is 0.786. The number of ether oxygens (including phenoxy) is 1. The zero-order chi connectivity index (χ0) is 19.6. The molecule has 0 atom stereocenters. The summed E-state index contributed by atoms with van der Waals surface area (Å²) in [5, 5.41) is 8.34. The van der Waals surface area contributed by atoms with Crippen LogP contribution >= 0.6 is 11.8 Å². The maximum atomic E-state index is 12.8. The topological polar surface area (TPSA) is 83.9 Å². The first-order valence-corrected chi connectivity index (χ1v) is 8.97. The Labute approximate surface area is 160 Å². The summed E-state index contributed by atoms with van der Waals surface area (Å²) >= 11 is 0.874. The third kappa shape index (κ3) is 4.03. The SMILES string of the molecule is Cc1cccc(N2C(=O)S/C(=C/c3cccc(OCC(=O)O)c3)C2=O)c1C. The number of carboxylic acids is 1. The van der Waals surface area contributed by atoms with Gasteiger partial charge in [-0.2, -0.15) is 0 Å². The van der Waals surface area contributed by atoms with Gasteiger partial charge in [-0.1, -0.05) is 24.3 Å². The normalized spacial score (nSPS) is 15.5. The van der Waals surface area contributed by atoms with E-state index in [1.807, 2.05) is 26.0 Å². The lowest BCUT2D eigenvalue weighted by Crippen LogP contribution is -2.28. The highest BCUT2D eigenvalue weighted by Crippen LogP contribution is 2.37. The molecule has 1 aliphatic heterocycles. The van der Waals surface area contributed by atoms with Gasteiger partial charge in [-0.15, -0.1) is 0 Å². The first-order valence-electron chi connectivity index (χ1n) is 8.15. The van der Waals surface area contributed by atoms with Gasteiger partial charge in [-0.05, 0) is 66.6 Å². The monoisotopic (exact) mass is 383 g/mol. The Morgan fingerprint density at radius 1 is 1.19 bits per heavy atom. The van der Waals surface area contributed by atoms with Crippen LogP contribution in [0.1, 0.15) is 16.7 Å². The van der Waals surface area contributed by atoms with Crippen molar-refractivity contribution < 1.29 is 24.2 Å². The molecular weight excluding hydrogens is 366 g/mol. The Bertz CT molecular complexity index is 967. The summed E-state index contributed by atoms with van der Waals surface area (Å²) in [6.07, 6.45) is 1.60. The highest BCUT2D eigenvalue weighted by Gasteiger charge is 2.37. The molecule has 1 aliphatic rings. The molecular formula is C20H17NO5S. The molecule has 1 heterocycles. The highest BCUT2D eigenvalue weighted by molar-refractivity contribution is 8.19. The van der Waals surface area contributed by atoms with E-state index in [4.69, 9.17) is 9.84 Å². The standard InChI is InChI=1S/C20H17NO5S/c1-12-5-3-8-16(13(12)2)21-19(24)17(27-20(21)25)10-14-6-4-7-15(9-14)26-11-18(22)23/h3-10H,11H2,1-2H3,(H,22,23)/b17-10+. The predicted molar refractivity (Wildman–Crippen MR) is 104 cm³/mol. The molecule has 0 unspecified atom stereocenters. The smallest absolute Gasteiger partial charge is 0.341 e. The first-order chi connectivity index (χ1) is 12.9. The van der Waals surface area contributed by atoms with Crippen molar-refractivity contribution in [1.82, 2.24) is 0 Å². The van der Waals surface area contributed by atoms with Crippen LogP contribution in [0.15, 0.2) is 47.4 Å². The molecule has 0 saturated carbocycles. The number of aryl methyl sites for hydroxylation is 1. The van der Waals surface area contributed by atoms with Crippen molar-refractivity contribution in [3.63, 3.8) is 0 Å². The van der Waals surface area contributed by atoms with Crippen molar-refractivity contribution in [3.05, 3.63) is 64.1 Å². The number of imide groups is 1. The average Bonchev–Trinajstić information content (AvgIpc) is 2.90. The summed E-state index contributed by atoms with van der Waals surface area (Å²) in [6.45, 7) is 3.35. The lowest BCUT2D eigenvalue weighted by Gasteiger charge is -2.16. The molecule has 1 fully saturated rings. The van der Waals surface area contributed by atoms with E-state index in [9.17, 15) is 14.4 Å². The maximum absolute atomic E-state index is 12.8. The van der Waals surface area contributed by atoms with Gasteiger partial charge in [0.1, 0.15) is 5.75 Å². The molecule has 0 aromatic heterocycles. The number of nitrogens with zero attached hydrogens (tertiary/aromatic N) is 1. The van der Waals surface area contributed by atoms with E-state index < -0.39 is 12.6 Å². The molecule has 0 bridgehead atoms. The predicted octanol–water partition coefficient (Wildman–Crippen LogP) is 4.01. The second-order valence-corrected chi connectivity index (χ2v) is 6.98.